The fourth-order valence-corrected chi connectivity index (χ4v) is 3.53. The molecule has 3 heteroatoms. The Labute approximate surface area is 96.4 Å². The van der Waals surface area contributed by atoms with Gasteiger partial charge in [-0.25, -0.2) is 0 Å². The van der Waals surface area contributed by atoms with Crippen LogP contribution in [0.2, 0.25) is 0 Å². The van der Waals surface area contributed by atoms with Gasteiger partial charge >= 0.3 is 0 Å². The van der Waals surface area contributed by atoms with Gasteiger partial charge in [-0.3, -0.25) is 16.3 Å². The Hall–Kier alpha value is -0.930. The third kappa shape index (κ3) is 1.64. The summed E-state index contributed by atoms with van der Waals surface area (Å²) in [6.45, 7) is 0. The Kier molecular flexibility index (Phi) is 2.65. The maximum atomic E-state index is 5.72. The molecular formula is C13H19N3. The van der Waals surface area contributed by atoms with Gasteiger partial charge in [0.05, 0.1) is 6.04 Å². The molecule has 0 amide bonds. The lowest BCUT2D eigenvalue weighted by Gasteiger charge is -2.15. The summed E-state index contributed by atoms with van der Waals surface area (Å²) in [5.41, 5.74) is 4.24. The van der Waals surface area contributed by atoms with Crippen LogP contribution in [0.5, 0.6) is 0 Å². The summed E-state index contributed by atoms with van der Waals surface area (Å²) in [7, 11) is 0. The Bertz CT molecular complexity index is 339. The zero-order valence-corrected chi connectivity index (χ0v) is 9.47. The van der Waals surface area contributed by atoms with Crippen LogP contribution < -0.4 is 11.3 Å². The third-order valence-electron chi connectivity index (χ3n) is 4.33. The molecule has 2 aliphatic rings. The van der Waals surface area contributed by atoms with E-state index in [0.717, 1.165) is 17.8 Å². The van der Waals surface area contributed by atoms with E-state index in [-0.39, 0.29) is 0 Å². The minimum absolute atomic E-state index is 0.307. The van der Waals surface area contributed by atoms with Gasteiger partial charge in [-0.1, -0.05) is 18.9 Å². The highest BCUT2D eigenvalue weighted by Gasteiger charge is 2.54. The predicted molar refractivity (Wildman–Crippen MR) is 63.2 cm³/mol. The van der Waals surface area contributed by atoms with Crippen molar-refractivity contribution in [3.8, 4) is 0 Å². The number of aromatic nitrogens is 1. The van der Waals surface area contributed by atoms with Gasteiger partial charge in [-0.05, 0) is 42.2 Å². The van der Waals surface area contributed by atoms with Crippen molar-refractivity contribution in [3.05, 3.63) is 30.1 Å². The largest absolute Gasteiger partial charge is 0.271 e. The lowest BCUT2D eigenvalue weighted by Crippen LogP contribution is -2.30. The molecule has 16 heavy (non-hydrogen) atoms. The topological polar surface area (TPSA) is 50.9 Å². The Morgan fingerprint density at radius 1 is 1.31 bits per heavy atom. The first-order valence-corrected chi connectivity index (χ1v) is 6.28. The van der Waals surface area contributed by atoms with Gasteiger partial charge in [0.25, 0.3) is 0 Å². The second-order valence-corrected chi connectivity index (χ2v) is 5.12. The van der Waals surface area contributed by atoms with Crippen molar-refractivity contribution >= 4 is 0 Å². The molecule has 3 rings (SSSR count). The molecule has 0 aromatic carbocycles. The minimum atomic E-state index is 0.307. The summed E-state index contributed by atoms with van der Waals surface area (Å²) in [4.78, 5) is 4.19. The summed E-state index contributed by atoms with van der Waals surface area (Å²) in [5, 5.41) is 0. The number of nitrogens with zero attached hydrogens (tertiary/aromatic N) is 1. The molecule has 2 fully saturated rings. The van der Waals surface area contributed by atoms with Crippen LogP contribution in [0.1, 0.15) is 37.3 Å². The van der Waals surface area contributed by atoms with E-state index in [1.54, 1.807) is 0 Å². The minimum Gasteiger partial charge on any atom is -0.271 e. The molecule has 86 valence electrons. The van der Waals surface area contributed by atoms with Gasteiger partial charge in [0.1, 0.15) is 0 Å². The van der Waals surface area contributed by atoms with Gasteiger partial charge in [0, 0.05) is 12.4 Å². The normalized spacial score (nSPS) is 34.2. The SMILES string of the molecule is NNC(c1cccnc1)C1C2CCCCC21. The Morgan fingerprint density at radius 3 is 2.62 bits per heavy atom. The first-order chi connectivity index (χ1) is 7.92. The van der Waals surface area contributed by atoms with Crippen molar-refractivity contribution in [2.75, 3.05) is 0 Å². The number of nitrogens with two attached hydrogens (primary N) is 1. The van der Waals surface area contributed by atoms with Crippen molar-refractivity contribution in [2.45, 2.75) is 31.7 Å². The number of hydrogen-bond acceptors (Lipinski definition) is 3. The number of fused-ring (bicyclic) bond motifs is 1. The molecular weight excluding hydrogens is 198 g/mol. The quantitative estimate of drug-likeness (QED) is 0.601. The van der Waals surface area contributed by atoms with Crippen LogP contribution in [0.3, 0.4) is 0 Å². The van der Waals surface area contributed by atoms with Gasteiger partial charge in [-0.15, -0.1) is 0 Å². The van der Waals surface area contributed by atoms with Crippen LogP contribution in [0, 0.1) is 17.8 Å². The van der Waals surface area contributed by atoms with E-state index in [4.69, 9.17) is 5.84 Å². The highest BCUT2D eigenvalue weighted by molar-refractivity contribution is 5.19. The van der Waals surface area contributed by atoms with E-state index in [1.165, 1.54) is 31.2 Å². The molecule has 0 spiro atoms. The summed E-state index contributed by atoms with van der Waals surface area (Å²) in [6, 6.07) is 4.43. The Morgan fingerprint density at radius 2 is 2.06 bits per heavy atom. The van der Waals surface area contributed by atoms with Gasteiger partial charge < -0.3 is 0 Å². The summed E-state index contributed by atoms with van der Waals surface area (Å²) in [6.07, 6.45) is 9.36. The van der Waals surface area contributed by atoms with Crippen molar-refractivity contribution in [1.82, 2.24) is 10.4 Å². The molecule has 0 bridgehead atoms. The van der Waals surface area contributed by atoms with Crippen molar-refractivity contribution in [2.24, 2.45) is 23.6 Å². The van der Waals surface area contributed by atoms with Crippen LogP contribution in [-0.2, 0) is 0 Å². The molecule has 0 saturated heterocycles. The van der Waals surface area contributed by atoms with E-state index in [9.17, 15) is 0 Å². The fraction of sp³-hybridized carbons (Fsp3) is 0.615. The van der Waals surface area contributed by atoms with E-state index in [1.807, 2.05) is 18.5 Å². The van der Waals surface area contributed by atoms with Crippen LogP contribution >= 0.6 is 0 Å². The van der Waals surface area contributed by atoms with E-state index >= 15 is 0 Å². The number of hydrazine groups is 1. The molecule has 3 unspecified atom stereocenters. The average Bonchev–Trinajstić information content (AvgIpc) is 3.07. The average molecular weight is 217 g/mol. The first-order valence-electron chi connectivity index (χ1n) is 6.28. The lowest BCUT2D eigenvalue weighted by molar-refractivity contribution is 0.455. The van der Waals surface area contributed by atoms with Crippen LogP contribution in [0.25, 0.3) is 0 Å². The first kappa shape index (κ1) is 10.2. The van der Waals surface area contributed by atoms with Gasteiger partial charge in [-0.2, -0.15) is 0 Å². The number of pyridine rings is 1. The molecule has 2 saturated carbocycles. The van der Waals surface area contributed by atoms with Crippen LogP contribution in [0.15, 0.2) is 24.5 Å². The maximum Gasteiger partial charge on any atom is 0.0508 e. The van der Waals surface area contributed by atoms with E-state index in [2.05, 4.69) is 16.5 Å². The Balaban J connectivity index is 1.77. The van der Waals surface area contributed by atoms with Crippen molar-refractivity contribution < 1.29 is 0 Å². The molecule has 1 aromatic rings. The second-order valence-electron chi connectivity index (χ2n) is 5.12. The molecule has 3 atom stereocenters. The van der Waals surface area contributed by atoms with Crippen LogP contribution in [0.4, 0.5) is 0 Å². The second kappa shape index (κ2) is 4.15. The highest BCUT2D eigenvalue weighted by Crippen LogP contribution is 2.60. The number of nitrogens with one attached hydrogen (secondary N) is 1. The smallest absolute Gasteiger partial charge is 0.0508 e. The van der Waals surface area contributed by atoms with Crippen molar-refractivity contribution in [3.63, 3.8) is 0 Å². The van der Waals surface area contributed by atoms with E-state index < -0.39 is 0 Å². The molecule has 0 aliphatic heterocycles. The maximum absolute atomic E-state index is 5.72. The molecule has 3 N–H and O–H groups in total. The lowest BCUT2D eigenvalue weighted by atomic mass is 10.0. The summed E-state index contributed by atoms with van der Waals surface area (Å²) in [5.74, 6) is 8.29. The highest BCUT2D eigenvalue weighted by atomic mass is 15.2. The predicted octanol–water partition coefficient (Wildman–Crippen LogP) is 2.02. The van der Waals surface area contributed by atoms with Crippen molar-refractivity contribution in [1.29, 1.82) is 0 Å². The molecule has 2 aliphatic carbocycles. The van der Waals surface area contributed by atoms with E-state index in [0.29, 0.717) is 6.04 Å². The molecule has 1 heterocycles. The monoisotopic (exact) mass is 217 g/mol. The standard InChI is InChI=1S/C13H19N3/c14-16-13(9-4-3-7-15-8-9)12-10-5-1-2-6-11(10)12/h3-4,7-8,10-13,16H,1-2,5-6,14H2. The third-order valence-corrected chi connectivity index (χ3v) is 4.33. The zero-order valence-electron chi connectivity index (χ0n) is 9.47. The summed E-state index contributed by atoms with van der Waals surface area (Å²) < 4.78 is 0. The van der Waals surface area contributed by atoms with Gasteiger partial charge in [0.15, 0.2) is 0 Å². The summed E-state index contributed by atoms with van der Waals surface area (Å²) >= 11 is 0. The number of rotatable bonds is 3. The zero-order chi connectivity index (χ0) is 11.0. The molecule has 3 nitrogen and oxygen atoms in total. The molecule has 0 radical (unpaired) electrons. The van der Waals surface area contributed by atoms with Crippen LogP contribution in [-0.4, -0.2) is 4.98 Å². The fourth-order valence-electron chi connectivity index (χ4n) is 3.53. The van der Waals surface area contributed by atoms with Gasteiger partial charge in [0.2, 0.25) is 0 Å². The molecule has 1 aromatic heterocycles. The number of hydrogen-bond donors (Lipinski definition) is 2.